The van der Waals surface area contributed by atoms with Crippen molar-refractivity contribution in [2.45, 2.75) is 91.9 Å². The summed E-state index contributed by atoms with van der Waals surface area (Å²) in [7, 11) is 1.62. The molecule has 37 heavy (non-hydrogen) atoms. The van der Waals surface area contributed by atoms with Gasteiger partial charge in [-0.3, -0.25) is 10.2 Å². The topological polar surface area (TPSA) is 77.3 Å². The van der Waals surface area contributed by atoms with E-state index in [1.165, 1.54) is 69.8 Å². The first-order valence-electron chi connectivity index (χ1n) is 13.2. The second-order valence-electron chi connectivity index (χ2n) is 9.30. The van der Waals surface area contributed by atoms with E-state index in [0.29, 0.717) is 12.1 Å². The highest BCUT2D eigenvalue weighted by Crippen LogP contribution is 2.38. The van der Waals surface area contributed by atoms with Crippen molar-refractivity contribution in [1.29, 1.82) is 5.41 Å². The Balaban J connectivity index is 0.000000738. The molecule has 0 aromatic heterocycles. The van der Waals surface area contributed by atoms with Crippen molar-refractivity contribution in [2.24, 2.45) is 10.9 Å². The van der Waals surface area contributed by atoms with Gasteiger partial charge in [-0.05, 0) is 44.0 Å². The highest BCUT2D eigenvalue weighted by atomic mass is 19.3. The molecule has 1 unspecified atom stereocenters. The Kier molecular flexibility index (Phi) is 13.9. The molecule has 1 amide bonds. The van der Waals surface area contributed by atoms with Crippen LogP contribution in [0.4, 0.5) is 18.9 Å². The Labute approximate surface area is 220 Å². The summed E-state index contributed by atoms with van der Waals surface area (Å²) in [5.41, 5.74) is 0.870. The van der Waals surface area contributed by atoms with Gasteiger partial charge in [0.25, 0.3) is 5.92 Å². The number of carbonyl (C=O) groups excluding carboxylic acids is 1. The van der Waals surface area contributed by atoms with Crippen LogP contribution in [0, 0.1) is 17.1 Å². The first-order chi connectivity index (χ1) is 17.5. The zero-order chi connectivity index (χ0) is 28.0. The lowest BCUT2D eigenvalue weighted by Gasteiger charge is -2.32. The molecule has 1 fully saturated rings. The van der Waals surface area contributed by atoms with Crippen LogP contribution >= 0.6 is 0 Å². The van der Waals surface area contributed by atoms with Crippen molar-refractivity contribution >= 4 is 23.1 Å². The van der Waals surface area contributed by atoms with Crippen molar-refractivity contribution < 1.29 is 18.0 Å². The van der Waals surface area contributed by atoms with Gasteiger partial charge in [0.05, 0.1) is 11.6 Å². The molecule has 1 atom stereocenters. The third-order valence-electron chi connectivity index (χ3n) is 6.16. The average Bonchev–Trinajstić information content (AvgIpc) is 2.85. The Bertz CT molecular complexity index is 987. The van der Waals surface area contributed by atoms with Crippen LogP contribution < -0.4 is 10.6 Å². The summed E-state index contributed by atoms with van der Waals surface area (Å²) >= 11 is 0. The lowest BCUT2D eigenvalue weighted by atomic mass is 9.81. The minimum atomic E-state index is -3.21. The number of halogens is 3. The Morgan fingerprint density at radius 1 is 1.19 bits per heavy atom. The monoisotopic (exact) mass is 520 g/mol. The Morgan fingerprint density at radius 3 is 2.32 bits per heavy atom. The van der Waals surface area contributed by atoms with E-state index >= 15 is 0 Å². The van der Waals surface area contributed by atoms with Crippen molar-refractivity contribution in [3.05, 3.63) is 53.0 Å². The third kappa shape index (κ3) is 10.2. The number of anilines is 1. The first kappa shape index (κ1) is 32.1. The molecule has 1 heterocycles. The van der Waals surface area contributed by atoms with E-state index < -0.39 is 30.0 Å². The highest BCUT2D eigenvalue weighted by Gasteiger charge is 2.44. The molecule has 0 radical (unpaired) electrons. The fourth-order valence-electron chi connectivity index (χ4n) is 4.04. The summed E-state index contributed by atoms with van der Waals surface area (Å²) in [5, 5.41) is 14.0. The molecule has 1 aromatic rings. The minimum Gasteiger partial charge on any atom is -0.388 e. The number of benzene rings is 1. The van der Waals surface area contributed by atoms with E-state index in [0.717, 1.165) is 6.92 Å². The minimum absolute atomic E-state index is 0.0119. The maximum absolute atomic E-state index is 14.4. The highest BCUT2D eigenvalue weighted by molar-refractivity contribution is 6.20. The fraction of sp³-hybridized carbons (Fsp3) is 0.552. The summed E-state index contributed by atoms with van der Waals surface area (Å²) in [4.78, 5) is 16.2. The molecule has 1 saturated heterocycles. The Hall–Kier alpha value is -2.90. The number of hydrogen-bond acceptors (Lipinski definition) is 4. The number of unbranched alkanes of at least 4 members (excludes halogenated alkanes) is 5. The average molecular weight is 521 g/mol. The number of alkyl halides is 2. The molecule has 8 heteroatoms. The summed E-state index contributed by atoms with van der Waals surface area (Å²) in [6.07, 6.45) is 11.9. The molecule has 1 aliphatic rings. The number of amides is 1. The smallest absolute Gasteiger partial charge is 0.252 e. The molecule has 3 N–H and O–H groups in total. The predicted octanol–water partition coefficient (Wildman–Crippen LogP) is 8.03. The van der Waals surface area contributed by atoms with Crippen LogP contribution in [-0.4, -0.2) is 30.4 Å². The van der Waals surface area contributed by atoms with E-state index in [4.69, 9.17) is 5.41 Å². The molecule has 0 bridgehead atoms. The zero-order valence-corrected chi connectivity index (χ0v) is 23.1. The number of allylic oxidation sites excluding steroid dienone is 2. The lowest BCUT2D eigenvalue weighted by molar-refractivity contribution is -0.124. The van der Waals surface area contributed by atoms with Crippen molar-refractivity contribution in [2.75, 3.05) is 12.4 Å². The van der Waals surface area contributed by atoms with Gasteiger partial charge in [0, 0.05) is 36.5 Å². The molecule has 1 aliphatic heterocycles. The second-order valence-corrected chi connectivity index (χ2v) is 9.30. The van der Waals surface area contributed by atoms with Crippen LogP contribution in [0.2, 0.25) is 0 Å². The SMILES string of the molecule is CC/C=C/N=C1\NC(=O)CC(C(C)(F)F)\C1=C(\C)C(=N)c1cc(F)ccc1NC.CCCCCCCC. The van der Waals surface area contributed by atoms with E-state index in [1.807, 2.05) is 6.92 Å². The molecule has 0 saturated carbocycles. The van der Waals surface area contributed by atoms with Crippen molar-refractivity contribution in [3.8, 4) is 0 Å². The van der Waals surface area contributed by atoms with E-state index in [-0.39, 0.29) is 28.3 Å². The molecule has 2 rings (SSSR count). The van der Waals surface area contributed by atoms with Crippen LogP contribution in [0.25, 0.3) is 0 Å². The van der Waals surface area contributed by atoms with Crippen LogP contribution in [0.3, 0.4) is 0 Å². The van der Waals surface area contributed by atoms with Gasteiger partial charge < -0.3 is 10.6 Å². The van der Waals surface area contributed by atoms with Gasteiger partial charge in [-0.15, -0.1) is 0 Å². The van der Waals surface area contributed by atoms with E-state index in [2.05, 4.69) is 29.5 Å². The second kappa shape index (κ2) is 16.0. The molecule has 0 spiro atoms. The van der Waals surface area contributed by atoms with Gasteiger partial charge in [0.1, 0.15) is 11.7 Å². The molecule has 0 aliphatic carbocycles. The van der Waals surface area contributed by atoms with Crippen molar-refractivity contribution in [1.82, 2.24) is 5.32 Å². The maximum atomic E-state index is 14.4. The van der Waals surface area contributed by atoms with Gasteiger partial charge in [-0.2, -0.15) is 0 Å². The quantitative estimate of drug-likeness (QED) is 0.204. The van der Waals surface area contributed by atoms with Crippen LogP contribution in [-0.2, 0) is 4.79 Å². The van der Waals surface area contributed by atoms with Gasteiger partial charge in [-0.25, -0.2) is 18.2 Å². The van der Waals surface area contributed by atoms with Gasteiger partial charge in [0.2, 0.25) is 5.91 Å². The largest absolute Gasteiger partial charge is 0.388 e. The number of nitrogens with one attached hydrogen (secondary N) is 3. The number of amidine groups is 1. The van der Waals surface area contributed by atoms with Crippen LogP contribution in [0.1, 0.15) is 91.5 Å². The zero-order valence-electron chi connectivity index (χ0n) is 23.1. The molecule has 1 aromatic carbocycles. The van der Waals surface area contributed by atoms with E-state index in [9.17, 15) is 18.0 Å². The number of hydrogen-bond donors (Lipinski definition) is 3. The lowest BCUT2D eigenvalue weighted by Crippen LogP contribution is -2.46. The number of rotatable bonds is 11. The number of carbonyl (C=O) groups is 1. The number of nitrogens with zero attached hydrogens (tertiary/aromatic N) is 1. The molecular formula is C29H43F3N4O. The summed E-state index contributed by atoms with van der Waals surface area (Å²) < 4.78 is 42.6. The van der Waals surface area contributed by atoms with E-state index in [1.54, 1.807) is 13.1 Å². The Morgan fingerprint density at radius 2 is 1.81 bits per heavy atom. The summed E-state index contributed by atoms with van der Waals surface area (Å²) in [6.45, 7) is 8.66. The standard InChI is InChI=1S/C21H25F3N4O.C8H18/c1-5-6-9-27-20-18(15(21(3,23)24)11-17(29)28-20)12(2)19(25)14-10-13(22)7-8-16(14)26-4;1-3-5-7-8-6-4-2/h6-10,15,25-26H,5,11H2,1-4H3,(H,27,28,29);3-8H2,1-2H3/b9-6+,18-12+,25-19?;. The van der Waals surface area contributed by atoms with Gasteiger partial charge in [-0.1, -0.05) is 65.4 Å². The molecule has 5 nitrogen and oxygen atoms in total. The third-order valence-corrected chi connectivity index (χ3v) is 6.16. The van der Waals surface area contributed by atoms with Crippen molar-refractivity contribution in [3.63, 3.8) is 0 Å². The summed E-state index contributed by atoms with van der Waals surface area (Å²) in [5.74, 6) is -5.78. The number of piperidine rings is 1. The number of aliphatic imine (C=N–C) groups is 1. The van der Waals surface area contributed by atoms with Crippen LogP contribution in [0.5, 0.6) is 0 Å². The van der Waals surface area contributed by atoms with Gasteiger partial charge in [0.15, 0.2) is 0 Å². The van der Waals surface area contributed by atoms with Gasteiger partial charge >= 0.3 is 0 Å². The predicted molar refractivity (Wildman–Crippen MR) is 148 cm³/mol. The summed E-state index contributed by atoms with van der Waals surface area (Å²) in [6, 6.07) is 3.90. The van der Waals surface area contributed by atoms with Crippen LogP contribution in [0.15, 0.2) is 46.6 Å². The normalized spacial score (nSPS) is 18.4. The molecular weight excluding hydrogens is 477 g/mol. The molecule has 206 valence electrons. The maximum Gasteiger partial charge on any atom is 0.252 e. The first-order valence-corrected chi connectivity index (χ1v) is 13.2. The fourth-order valence-corrected chi connectivity index (χ4v) is 4.04.